The highest BCUT2D eigenvalue weighted by atomic mass is 31.2. The highest BCUT2D eigenvalue weighted by Gasteiger charge is 2.30. The van der Waals surface area contributed by atoms with Gasteiger partial charge in [0.15, 0.2) is 12.2 Å². The predicted octanol–water partition coefficient (Wildman–Crippen LogP) is 24.4. The van der Waals surface area contributed by atoms with Gasteiger partial charge in [-0.15, -0.1) is 0 Å². The molecule has 0 radical (unpaired) electrons. The van der Waals surface area contributed by atoms with Crippen molar-refractivity contribution in [2.75, 3.05) is 39.6 Å². The number of hydrogen-bond acceptors (Lipinski definition) is 15. The average molecular weight is 1480 g/mol. The molecular weight excluding hydrogens is 1320 g/mol. The van der Waals surface area contributed by atoms with E-state index in [0.717, 1.165) is 114 Å². The van der Waals surface area contributed by atoms with E-state index in [2.05, 4.69) is 55.4 Å². The zero-order valence-electron chi connectivity index (χ0n) is 66.5. The Morgan fingerprint density at radius 2 is 0.416 bits per heavy atom. The van der Waals surface area contributed by atoms with Gasteiger partial charge < -0.3 is 33.8 Å². The van der Waals surface area contributed by atoms with Crippen molar-refractivity contribution < 1.29 is 80.2 Å². The number of phosphoric acid groups is 2. The summed E-state index contributed by atoms with van der Waals surface area (Å²) in [6, 6.07) is 0. The van der Waals surface area contributed by atoms with Crippen molar-refractivity contribution in [1.29, 1.82) is 0 Å². The molecule has 600 valence electrons. The average Bonchev–Trinajstić information content (AvgIpc) is 1.01. The fourth-order valence-electron chi connectivity index (χ4n) is 12.6. The lowest BCUT2D eigenvalue weighted by Crippen LogP contribution is -2.30. The number of phosphoric ester groups is 2. The van der Waals surface area contributed by atoms with Crippen LogP contribution in [0, 0.1) is 23.7 Å². The Morgan fingerprint density at radius 1 is 0.248 bits per heavy atom. The van der Waals surface area contributed by atoms with E-state index in [1.807, 2.05) is 0 Å². The second-order valence-corrected chi connectivity index (χ2v) is 34.3. The van der Waals surface area contributed by atoms with Gasteiger partial charge in [0.2, 0.25) is 0 Å². The summed E-state index contributed by atoms with van der Waals surface area (Å²) in [4.78, 5) is 73.1. The molecule has 0 spiro atoms. The zero-order chi connectivity index (χ0) is 74.6. The van der Waals surface area contributed by atoms with Crippen LogP contribution in [0.25, 0.3) is 0 Å². The van der Waals surface area contributed by atoms with Crippen molar-refractivity contribution in [1.82, 2.24) is 0 Å². The van der Waals surface area contributed by atoms with Crippen LogP contribution in [0.1, 0.15) is 421 Å². The Labute approximate surface area is 619 Å². The number of aliphatic hydroxyl groups is 1. The molecule has 0 fully saturated rings. The molecule has 0 saturated carbocycles. The van der Waals surface area contributed by atoms with Crippen molar-refractivity contribution in [3.8, 4) is 0 Å². The maximum absolute atomic E-state index is 13.1. The third-order valence-electron chi connectivity index (χ3n) is 19.1. The van der Waals surface area contributed by atoms with Crippen LogP contribution in [0.2, 0.25) is 0 Å². The minimum atomic E-state index is -4.96. The van der Waals surface area contributed by atoms with Gasteiger partial charge in [-0.1, -0.05) is 370 Å². The molecule has 0 rings (SSSR count). The standard InChI is InChI=1S/C82H160O17P2/c1-72(2)58-50-42-34-26-20-14-11-9-10-12-16-24-30-40-48-56-64-81(86)98-77(68-92-79(84)62-54-46-38-29-23-17-13-15-21-27-35-43-51-59-73(3)4)70-96-100(88,89)94-66-76(83)67-95-101(90,91)97-71-78(69-93-80(85)63-55-47-39-33-32-37-45-53-61-75(7)8)99-82(87)65-57-49-41-31-25-19-18-22-28-36-44-52-60-74(5)6/h72-78,83H,9-71H2,1-8H3,(H,88,89)(H,90,91)/t76-,77-,78-/m1/s1. The Morgan fingerprint density at radius 3 is 0.614 bits per heavy atom. The Hall–Kier alpha value is -1.94. The van der Waals surface area contributed by atoms with E-state index in [0.29, 0.717) is 25.7 Å². The van der Waals surface area contributed by atoms with Gasteiger partial charge in [0, 0.05) is 25.7 Å². The number of rotatable bonds is 79. The van der Waals surface area contributed by atoms with Crippen molar-refractivity contribution in [3.05, 3.63) is 0 Å². The van der Waals surface area contributed by atoms with Crippen LogP contribution in [-0.2, 0) is 65.4 Å². The number of unbranched alkanes of at least 4 members (excludes halogenated alkanes) is 45. The number of hydrogen-bond donors (Lipinski definition) is 3. The summed E-state index contributed by atoms with van der Waals surface area (Å²) in [7, 11) is -9.92. The SMILES string of the molecule is CC(C)CCCCCCCCCCCCCCCCCCC(=O)O[C@H](COC(=O)CCCCCCCCCCCCCCCC(C)C)COP(=O)(O)OC[C@@H](O)COP(=O)(O)OC[C@@H](COC(=O)CCCCCCCCCCC(C)C)OC(=O)CCCCCCCCCCCCCCC(C)C. The number of esters is 4. The smallest absolute Gasteiger partial charge is 0.462 e. The van der Waals surface area contributed by atoms with Crippen LogP contribution < -0.4 is 0 Å². The van der Waals surface area contributed by atoms with Crippen molar-refractivity contribution >= 4 is 39.5 Å². The van der Waals surface area contributed by atoms with Gasteiger partial charge in [-0.2, -0.15) is 0 Å². The lowest BCUT2D eigenvalue weighted by molar-refractivity contribution is -0.161. The van der Waals surface area contributed by atoms with E-state index in [9.17, 15) is 43.2 Å². The number of carbonyl (C=O) groups is 4. The molecule has 0 aromatic rings. The van der Waals surface area contributed by atoms with Gasteiger partial charge >= 0.3 is 39.5 Å². The minimum Gasteiger partial charge on any atom is -0.462 e. The van der Waals surface area contributed by atoms with Crippen molar-refractivity contribution in [3.63, 3.8) is 0 Å². The molecule has 0 saturated heterocycles. The predicted molar refractivity (Wildman–Crippen MR) is 414 cm³/mol. The Bertz CT molecular complexity index is 1970. The summed E-state index contributed by atoms with van der Waals surface area (Å²) >= 11 is 0. The molecule has 0 heterocycles. The first-order valence-corrected chi connectivity index (χ1v) is 45.2. The molecule has 0 aromatic carbocycles. The summed E-state index contributed by atoms with van der Waals surface area (Å²) in [5.41, 5.74) is 0. The van der Waals surface area contributed by atoms with E-state index in [1.165, 1.54) is 225 Å². The first-order chi connectivity index (χ1) is 48.6. The normalized spacial score (nSPS) is 14.0. The van der Waals surface area contributed by atoms with E-state index in [4.69, 9.17) is 37.0 Å². The van der Waals surface area contributed by atoms with Crippen LogP contribution in [-0.4, -0.2) is 96.7 Å². The van der Waals surface area contributed by atoms with Gasteiger partial charge in [0.1, 0.15) is 19.3 Å². The Balaban J connectivity index is 5.26. The molecule has 2 unspecified atom stereocenters. The maximum Gasteiger partial charge on any atom is 0.472 e. The van der Waals surface area contributed by atoms with Gasteiger partial charge in [-0.3, -0.25) is 37.3 Å². The summed E-state index contributed by atoms with van der Waals surface area (Å²) < 4.78 is 68.8. The molecule has 3 N–H and O–H groups in total. The molecule has 0 aliphatic carbocycles. The first kappa shape index (κ1) is 99.1. The van der Waals surface area contributed by atoms with E-state index < -0.39 is 97.5 Å². The third-order valence-corrected chi connectivity index (χ3v) is 21.0. The van der Waals surface area contributed by atoms with Crippen LogP contribution in [0.5, 0.6) is 0 Å². The fourth-order valence-corrected chi connectivity index (χ4v) is 14.2. The molecule has 0 aliphatic heterocycles. The van der Waals surface area contributed by atoms with E-state index >= 15 is 0 Å². The molecule has 0 bridgehead atoms. The summed E-state index contributed by atoms with van der Waals surface area (Å²) in [6.45, 7) is 14.3. The second-order valence-electron chi connectivity index (χ2n) is 31.4. The topological polar surface area (TPSA) is 237 Å². The molecule has 101 heavy (non-hydrogen) atoms. The van der Waals surface area contributed by atoms with Crippen LogP contribution in [0.3, 0.4) is 0 Å². The largest absolute Gasteiger partial charge is 0.472 e. The fraction of sp³-hybridized carbons (Fsp3) is 0.951. The van der Waals surface area contributed by atoms with E-state index in [1.54, 1.807) is 0 Å². The van der Waals surface area contributed by atoms with Gasteiger partial charge in [0.05, 0.1) is 26.4 Å². The highest BCUT2D eigenvalue weighted by molar-refractivity contribution is 7.47. The van der Waals surface area contributed by atoms with Crippen LogP contribution in [0.4, 0.5) is 0 Å². The molecule has 0 aliphatic rings. The lowest BCUT2D eigenvalue weighted by Gasteiger charge is -2.21. The van der Waals surface area contributed by atoms with Crippen LogP contribution in [0.15, 0.2) is 0 Å². The molecular formula is C82H160O17P2. The monoisotopic (exact) mass is 1480 g/mol. The second kappa shape index (κ2) is 71.0. The molecule has 19 heteroatoms. The number of carbonyl (C=O) groups excluding carboxylic acids is 4. The van der Waals surface area contributed by atoms with Crippen LogP contribution >= 0.6 is 15.6 Å². The highest BCUT2D eigenvalue weighted by Crippen LogP contribution is 2.45. The zero-order valence-corrected chi connectivity index (χ0v) is 68.3. The maximum atomic E-state index is 13.1. The number of ether oxygens (including phenoxy) is 4. The molecule has 0 aromatic heterocycles. The summed E-state index contributed by atoms with van der Waals surface area (Å²) in [6.07, 6.45) is 58.3. The van der Waals surface area contributed by atoms with E-state index in [-0.39, 0.29) is 25.7 Å². The van der Waals surface area contributed by atoms with Crippen molar-refractivity contribution in [2.45, 2.75) is 440 Å². The molecule has 0 amide bonds. The van der Waals surface area contributed by atoms with Gasteiger partial charge in [-0.25, -0.2) is 9.13 Å². The third kappa shape index (κ3) is 76.1. The Kier molecular flexibility index (Phi) is 69.6. The minimum absolute atomic E-state index is 0.106. The first-order valence-electron chi connectivity index (χ1n) is 42.2. The van der Waals surface area contributed by atoms with Gasteiger partial charge in [0.25, 0.3) is 0 Å². The summed E-state index contributed by atoms with van der Waals surface area (Å²) in [5, 5.41) is 10.7. The summed E-state index contributed by atoms with van der Waals surface area (Å²) in [5.74, 6) is 0.991. The quantitative estimate of drug-likeness (QED) is 0.0222. The molecule has 5 atom stereocenters. The van der Waals surface area contributed by atoms with Crippen molar-refractivity contribution in [2.24, 2.45) is 23.7 Å². The molecule has 17 nitrogen and oxygen atoms in total. The van der Waals surface area contributed by atoms with Gasteiger partial charge in [-0.05, 0) is 49.4 Å². The number of aliphatic hydroxyl groups excluding tert-OH is 1. The lowest BCUT2D eigenvalue weighted by atomic mass is 10.0.